The monoisotopic (exact) mass is 347 g/mol. The second-order valence-corrected chi connectivity index (χ2v) is 7.52. The van der Waals surface area contributed by atoms with Crippen LogP contribution >= 0.6 is 0 Å². The summed E-state index contributed by atoms with van der Waals surface area (Å²) in [7, 11) is 0. The van der Waals surface area contributed by atoms with Crippen LogP contribution in [0.2, 0.25) is 0 Å². The number of hydrogen-bond acceptors (Lipinski definition) is 3. The Balaban J connectivity index is 1.73. The number of rotatable bonds is 4. The van der Waals surface area contributed by atoms with Gasteiger partial charge >= 0.3 is 6.03 Å². The molecule has 1 aliphatic heterocycles. The molecule has 1 N–H and O–H groups in total. The van der Waals surface area contributed by atoms with E-state index in [1.54, 1.807) is 4.90 Å². The summed E-state index contributed by atoms with van der Waals surface area (Å²) in [6.07, 6.45) is 9.86. The van der Waals surface area contributed by atoms with Crippen molar-refractivity contribution in [1.82, 2.24) is 15.1 Å². The molecule has 0 aromatic rings. The van der Waals surface area contributed by atoms with Gasteiger partial charge in [-0.3, -0.25) is 14.5 Å². The highest BCUT2D eigenvalue weighted by atomic mass is 16.2. The largest absolute Gasteiger partial charge is 0.325 e. The minimum Gasteiger partial charge on any atom is -0.323 e. The van der Waals surface area contributed by atoms with E-state index in [0.717, 1.165) is 55.5 Å². The predicted molar refractivity (Wildman–Crippen MR) is 94.5 cm³/mol. The van der Waals surface area contributed by atoms with Gasteiger partial charge in [-0.05, 0) is 51.4 Å². The number of imide groups is 1. The van der Waals surface area contributed by atoms with Crippen molar-refractivity contribution in [3.05, 3.63) is 11.8 Å². The standard InChI is InChI=1S/C19H29N3O3/c1-3-21(15-10-5-4-6-11-15)16(23)13-22-17(24)19(20-18(22)25)12-8-7-9-14(19)2/h10,14H,3-9,11-13H2,1-2H3,(H,20,25)/t14-,19+/m1/s1. The Hall–Kier alpha value is -1.85. The second-order valence-electron chi connectivity index (χ2n) is 7.52. The second kappa shape index (κ2) is 7.18. The molecule has 138 valence electrons. The molecule has 2 atom stereocenters. The van der Waals surface area contributed by atoms with Crippen molar-refractivity contribution in [2.24, 2.45) is 5.92 Å². The van der Waals surface area contributed by atoms with Crippen molar-refractivity contribution >= 4 is 17.8 Å². The van der Waals surface area contributed by atoms with E-state index in [1.807, 2.05) is 13.8 Å². The maximum atomic E-state index is 13.0. The first-order valence-corrected chi connectivity index (χ1v) is 9.63. The highest BCUT2D eigenvalue weighted by Crippen LogP contribution is 2.38. The SMILES string of the molecule is CCN(C(=O)CN1C(=O)N[C@]2(CCCC[C@H]2C)C1=O)C1=CCCCC1. The van der Waals surface area contributed by atoms with Crippen LogP contribution in [0.15, 0.2) is 11.8 Å². The van der Waals surface area contributed by atoms with Gasteiger partial charge in [0, 0.05) is 12.2 Å². The first kappa shape index (κ1) is 18.0. The van der Waals surface area contributed by atoms with Crippen LogP contribution in [-0.4, -0.2) is 46.3 Å². The average Bonchev–Trinajstić information content (AvgIpc) is 2.84. The Kier molecular flexibility index (Phi) is 5.16. The van der Waals surface area contributed by atoms with Crippen LogP contribution in [0.4, 0.5) is 4.79 Å². The van der Waals surface area contributed by atoms with E-state index >= 15 is 0 Å². The zero-order valence-corrected chi connectivity index (χ0v) is 15.3. The summed E-state index contributed by atoms with van der Waals surface area (Å²) in [5, 5.41) is 2.91. The van der Waals surface area contributed by atoms with Gasteiger partial charge in [-0.1, -0.05) is 25.8 Å². The molecular formula is C19H29N3O3. The van der Waals surface area contributed by atoms with Gasteiger partial charge in [-0.25, -0.2) is 4.79 Å². The Morgan fingerprint density at radius 3 is 2.76 bits per heavy atom. The lowest BCUT2D eigenvalue weighted by Gasteiger charge is -2.37. The molecule has 0 radical (unpaired) electrons. The molecule has 1 saturated carbocycles. The highest BCUT2D eigenvalue weighted by Gasteiger charge is 2.55. The topological polar surface area (TPSA) is 69.7 Å². The number of carbonyl (C=O) groups is 3. The van der Waals surface area contributed by atoms with Gasteiger partial charge in [-0.2, -0.15) is 0 Å². The van der Waals surface area contributed by atoms with Gasteiger partial charge < -0.3 is 10.2 Å². The van der Waals surface area contributed by atoms with E-state index in [0.29, 0.717) is 13.0 Å². The zero-order valence-electron chi connectivity index (χ0n) is 15.3. The summed E-state index contributed by atoms with van der Waals surface area (Å²) in [5.41, 5.74) is 0.239. The third kappa shape index (κ3) is 3.18. The highest BCUT2D eigenvalue weighted by molar-refractivity contribution is 6.09. The van der Waals surface area contributed by atoms with Crippen molar-refractivity contribution in [1.29, 1.82) is 0 Å². The Morgan fingerprint density at radius 2 is 2.12 bits per heavy atom. The third-order valence-electron chi connectivity index (χ3n) is 6.03. The van der Waals surface area contributed by atoms with Gasteiger partial charge in [0.2, 0.25) is 5.91 Å². The minimum absolute atomic E-state index is 0.112. The van der Waals surface area contributed by atoms with Crippen LogP contribution in [0, 0.1) is 5.92 Å². The van der Waals surface area contributed by atoms with Crippen LogP contribution in [0.1, 0.15) is 65.2 Å². The van der Waals surface area contributed by atoms with Gasteiger partial charge in [0.15, 0.2) is 0 Å². The van der Waals surface area contributed by atoms with E-state index in [-0.39, 0.29) is 24.3 Å². The van der Waals surface area contributed by atoms with E-state index in [4.69, 9.17) is 0 Å². The van der Waals surface area contributed by atoms with Crippen LogP contribution in [0.5, 0.6) is 0 Å². The predicted octanol–water partition coefficient (Wildman–Crippen LogP) is 2.79. The van der Waals surface area contributed by atoms with Crippen LogP contribution in [0.3, 0.4) is 0 Å². The van der Waals surface area contributed by atoms with Crippen molar-refractivity contribution in [3.8, 4) is 0 Å². The Morgan fingerprint density at radius 1 is 1.32 bits per heavy atom. The van der Waals surface area contributed by atoms with Crippen LogP contribution in [0.25, 0.3) is 0 Å². The lowest BCUT2D eigenvalue weighted by atomic mass is 9.73. The lowest BCUT2D eigenvalue weighted by molar-refractivity contribution is -0.139. The quantitative estimate of drug-likeness (QED) is 0.795. The smallest absolute Gasteiger partial charge is 0.323 e. The van der Waals surface area contributed by atoms with Gasteiger partial charge in [-0.15, -0.1) is 0 Å². The van der Waals surface area contributed by atoms with Gasteiger partial charge in [0.25, 0.3) is 5.91 Å². The molecule has 3 rings (SSSR count). The van der Waals surface area contributed by atoms with Crippen molar-refractivity contribution in [3.63, 3.8) is 0 Å². The normalized spacial score (nSPS) is 29.6. The van der Waals surface area contributed by atoms with Gasteiger partial charge in [0.1, 0.15) is 12.1 Å². The molecular weight excluding hydrogens is 318 g/mol. The molecule has 0 unspecified atom stereocenters. The lowest BCUT2D eigenvalue weighted by Crippen LogP contribution is -2.54. The number of allylic oxidation sites excluding steroid dienone is 2. The summed E-state index contributed by atoms with van der Waals surface area (Å²) >= 11 is 0. The fourth-order valence-corrected chi connectivity index (χ4v) is 4.47. The van der Waals surface area contributed by atoms with Crippen LogP contribution in [-0.2, 0) is 9.59 Å². The Labute approximate surface area is 149 Å². The molecule has 6 nitrogen and oxygen atoms in total. The Bertz CT molecular complexity index is 601. The number of likely N-dealkylation sites (N-methyl/N-ethyl adjacent to an activating group) is 1. The van der Waals surface area contributed by atoms with E-state index in [9.17, 15) is 14.4 Å². The average molecular weight is 347 g/mol. The molecule has 6 heteroatoms. The molecule has 0 aromatic carbocycles. The third-order valence-corrected chi connectivity index (χ3v) is 6.03. The number of hydrogen-bond donors (Lipinski definition) is 1. The molecule has 25 heavy (non-hydrogen) atoms. The summed E-state index contributed by atoms with van der Waals surface area (Å²) in [6, 6.07) is -0.416. The molecule has 0 aromatic heterocycles. The molecule has 0 bridgehead atoms. The van der Waals surface area contributed by atoms with E-state index in [2.05, 4.69) is 11.4 Å². The fraction of sp³-hybridized carbons (Fsp3) is 0.737. The maximum Gasteiger partial charge on any atom is 0.325 e. The molecule has 2 fully saturated rings. The van der Waals surface area contributed by atoms with Crippen molar-refractivity contribution < 1.29 is 14.4 Å². The summed E-state index contributed by atoms with van der Waals surface area (Å²) in [4.78, 5) is 41.1. The fourth-order valence-electron chi connectivity index (χ4n) is 4.47. The molecule has 1 heterocycles. The van der Waals surface area contributed by atoms with Gasteiger partial charge in [0.05, 0.1) is 0 Å². The van der Waals surface area contributed by atoms with E-state index in [1.165, 1.54) is 0 Å². The van der Waals surface area contributed by atoms with Crippen molar-refractivity contribution in [2.45, 2.75) is 70.8 Å². The van der Waals surface area contributed by atoms with E-state index < -0.39 is 11.6 Å². The molecule has 2 aliphatic carbocycles. The van der Waals surface area contributed by atoms with Crippen molar-refractivity contribution in [2.75, 3.05) is 13.1 Å². The first-order chi connectivity index (χ1) is 12.0. The summed E-state index contributed by atoms with van der Waals surface area (Å²) < 4.78 is 0. The van der Waals surface area contributed by atoms with Crippen LogP contribution < -0.4 is 5.32 Å². The minimum atomic E-state index is -0.795. The number of nitrogens with zero attached hydrogens (tertiary/aromatic N) is 2. The number of amides is 4. The first-order valence-electron chi connectivity index (χ1n) is 9.63. The maximum absolute atomic E-state index is 13.0. The molecule has 1 spiro atoms. The summed E-state index contributed by atoms with van der Waals surface area (Å²) in [6.45, 7) is 4.36. The number of urea groups is 1. The molecule has 4 amide bonds. The zero-order chi connectivity index (χ0) is 18.0. The number of carbonyl (C=O) groups excluding carboxylic acids is 3. The number of nitrogens with one attached hydrogen (secondary N) is 1. The summed E-state index contributed by atoms with van der Waals surface area (Å²) in [5.74, 6) is -0.271. The molecule has 3 aliphatic rings. The molecule has 1 saturated heterocycles.